The zero-order valence-electron chi connectivity index (χ0n) is 9.71. The highest BCUT2D eigenvalue weighted by Gasteiger charge is 2.26. The lowest BCUT2D eigenvalue weighted by molar-refractivity contribution is 0.0384. The maximum atomic E-state index is 11.6. The number of ether oxygens (including phenoxy) is 1. The quantitative estimate of drug-likeness (QED) is 0.845. The number of hydrogen-bond donors (Lipinski definition) is 1. The van der Waals surface area contributed by atoms with Crippen LogP contribution in [0.3, 0.4) is 0 Å². The van der Waals surface area contributed by atoms with Gasteiger partial charge in [0.2, 0.25) is 0 Å². The summed E-state index contributed by atoms with van der Waals surface area (Å²) in [4.78, 5) is 17.3. The van der Waals surface area contributed by atoms with Crippen LogP contribution < -0.4 is 5.73 Å². The summed E-state index contributed by atoms with van der Waals surface area (Å²) in [5.41, 5.74) is 6.53. The molecule has 1 saturated heterocycles. The zero-order chi connectivity index (χ0) is 12.1. The number of aromatic nitrogens is 1. The van der Waals surface area contributed by atoms with Gasteiger partial charge in [0.25, 0.3) is 0 Å². The zero-order valence-corrected chi connectivity index (χ0v) is 9.71. The average molecular weight is 235 g/mol. The van der Waals surface area contributed by atoms with E-state index >= 15 is 0 Å². The van der Waals surface area contributed by atoms with Crippen LogP contribution in [-0.4, -0.2) is 35.7 Å². The molecule has 5 nitrogen and oxygen atoms in total. The molecule has 1 unspecified atom stereocenters. The Morgan fingerprint density at radius 2 is 2.47 bits per heavy atom. The van der Waals surface area contributed by atoms with Crippen LogP contribution in [0.15, 0.2) is 24.5 Å². The first kappa shape index (κ1) is 11.9. The van der Waals surface area contributed by atoms with Gasteiger partial charge in [0.1, 0.15) is 0 Å². The van der Waals surface area contributed by atoms with Gasteiger partial charge in [0.05, 0.1) is 13.2 Å². The Morgan fingerprint density at radius 1 is 1.59 bits per heavy atom. The van der Waals surface area contributed by atoms with Crippen molar-refractivity contribution < 1.29 is 9.53 Å². The van der Waals surface area contributed by atoms with E-state index in [4.69, 9.17) is 10.5 Å². The number of nitrogens with two attached hydrogens (primary N) is 1. The van der Waals surface area contributed by atoms with Crippen molar-refractivity contribution in [2.24, 2.45) is 11.7 Å². The SMILES string of the molecule is NCCC1COC(=O)N(Cc2cccnc2)C1. The molecule has 1 fully saturated rings. The van der Waals surface area contributed by atoms with Crippen molar-refractivity contribution in [3.63, 3.8) is 0 Å². The molecule has 2 N–H and O–H groups in total. The second-order valence-electron chi connectivity index (χ2n) is 4.26. The van der Waals surface area contributed by atoms with Gasteiger partial charge in [-0.25, -0.2) is 4.79 Å². The third-order valence-electron chi connectivity index (χ3n) is 2.85. The smallest absolute Gasteiger partial charge is 0.410 e. The summed E-state index contributed by atoms with van der Waals surface area (Å²) in [5, 5.41) is 0. The minimum absolute atomic E-state index is 0.248. The third-order valence-corrected chi connectivity index (χ3v) is 2.85. The summed E-state index contributed by atoms with van der Waals surface area (Å²) in [7, 11) is 0. The molecule has 1 aromatic heterocycles. The number of pyridine rings is 1. The normalized spacial score (nSPS) is 20.2. The van der Waals surface area contributed by atoms with Gasteiger partial charge in [-0.15, -0.1) is 0 Å². The maximum Gasteiger partial charge on any atom is 0.410 e. The Bertz CT molecular complexity index is 369. The molecule has 0 aliphatic carbocycles. The molecule has 2 heterocycles. The summed E-state index contributed by atoms with van der Waals surface area (Å²) in [6.45, 7) is 2.38. The molecule has 1 aliphatic rings. The number of amides is 1. The second-order valence-corrected chi connectivity index (χ2v) is 4.26. The number of hydrogen-bond acceptors (Lipinski definition) is 4. The molecule has 0 bridgehead atoms. The van der Waals surface area contributed by atoms with E-state index in [1.807, 2.05) is 12.1 Å². The molecule has 1 aliphatic heterocycles. The predicted octanol–water partition coefficient (Wildman–Crippen LogP) is 0.999. The van der Waals surface area contributed by atoms with Crippen molar-refractivity contribution >= 4 is 6.09 Å². The molecule has 1 aromatic rings. The van der Waals surface area contributed by atoms with E-state index in [0.717, 1.165) is 12.0 Å². The third kappa shape index (κ3) is 3.17. The highest BCUT2D eigenvalue weighted by atomic mass is 16.6. The molecule has 1 atom stereocenters. The predicted molar refractivity (Wildman–Crippen MR) is 63.2 cm³/mol. The van der Waals surface area contributed by atoms with Crippen molar-refractivity contribution in [1.29, 1.82) is 0 Å². The van der Waals surface area contributed by atoms with Crippen molar-refractivity contribution in [2.45, 2.75) is 13.0 Å². The van der Waals surface area contributed by atoms with E-state index in [9.17, 15) is 4.79 Å². The number of cyclic esters (lactones) is 1. The number of nitrogens with zero attached hydrogens (tertiary/aromatic N) is 2. The molecule has 1 amide bonds. The Morgan fingerprint density at radius 3 is 3.18 bits per heavy atom. The molecule has 5 heteroatoms. The molecular weight excluding hydrogens is 218 g/mol. The minimum Gasteiger partial charge on any atom is -0.449 e. The van der Waals surface area contributed by atoms with E-state index in [-0.39, 0.29) is 6.09 Å². The number of carbonyl (C=O) groups is 1. The Labute approximate surface area is 101 Å². The highest BCUT2D eigenvalue weighted by molar-refractivity contribution is 5.68. The molecule has 0 spiro atoms. The van der Waals surface area contributed by atoms with Crippen LogP contribution in [-0.2, 0) is 11.3 Å². The van der Waals surface area contributed by atoms with Gasteiger partial charge in [-0.05, 0) is 24.6 Å². The fourth-order valence-corrected chi connectivity index (χ4v) is 1.97. The van der Waals surface area contributed by atoms with Gasteiger partial charge in [0.15, 0.2) is 0 Å². The first-order valence-electron chi connectivity index (χ1n) is 5.80. The van der Waals surface area contributed by atoms with Crippen LogP contribution in [0.1, 0.15) is 12.0 Å². The lowest BCUT2D eigenvalue weighted by Crippen LogP contribution is -2.43. The van der Waals surface area contributed by atoms with Crippen LogP contribution in [0.5, 0.6) is 0 Å². The second kappa shape index (κ2) is 5.63. The molecule has 0 radical (unpaired) electrons. The van der Waals surface area contributed by atoms with Crippen molar-refractivity contribution in [3.8, 4) is 0 Å². The molecule has 17 heavy (non-hydrogen) atoms. The monoisotopic (exact) mass is 235 g/mol. The van der Waals surface area contributed by atoms with Crippen LogP contribution in [0.25, 0.3) is 0 Å². The Balaban J connectivity index is 1.96. The molecule has 0 aromatic carbocycles. The van der Waals surface area contributed by atoms with Crippen LogP contribution >= 0.6 is 0 Å². The van der Waals surface area contributed by atoms with Gasteiger partial charge in [-0.2, -0.15) is 0 Å². The van der Waals surface area contributed by atoms with Gasteiger partial charge in [0, 0.05) is 24.9 Å². The fraction of sp³-hybridized carbons (Fsp3) is 0.500. The number of carbonyl (C=O) groups excluding carboxylic acids is 1. The topological polar surface area (TPSA) is 68.5 Å². The van der Waals surface area contributed by atoms with Gasteiger partial charge >= 0.3 is 6.09 Å². The van der Waals surface area contributed by atoms with Crippen LogP contribution in [0.4, 0.5) is 4.79 Å². The summed E-state index contributed by atoms with van der Waals surface area (Å²) < 4.78 is 5.14. The lowest BCUT2D eigenvalue weighted by Gasteiger charge is -2.32. The molecule has 0 saturated carbocycles. The Kier molecular flexibility index (Phi) is 3.93. The minimum atomic E-state index is -0.248. The fourth-order valence-electron chi connectivity index (χ4n) is 1.97. The van der Waals surface area contributed by atoms with Crippen LogP contribution in [0.2, 0.25) is 0 Å². The largest absolute Gasteiger partial charge is 0.449 e. The highest BCUT2D eigenvalue weighted by Crippen LogP contribution is 2.16. The van der Waals surface area contributed by atoms with E-state index in [1.165, 1.54) is 0 Å². The number of rotatable bonds is 4. The van der Waals surface area contributed by atoms with Crippen molar-refractivity contribution in [1.82, 2.24) is 9.88 Å². The summed E-state index contributed by atoms with van der Waals surface area (Å²) in [5.74, 6) is 0.342. The standard InChI is InChI=1S/C12H17N3O2/c13-4-3-11-8-15(12(16)17-9-11)7-10-2-1-5-14-6-10/h1-2,5-6,11H,3-4,7-9,13H2. The first-order chi connectivity index (χ1) is 8.29. The van der Waals surface area contributed by atoms with Crippen molar-refractivity contribution in [2.75, 3.05) is 19.7 Å². The first-order valence-corrected chi connectivity index (χ1v) is 5.80. The summed E-state index contributed by atoms with van der Waals surface area (Å²) in [6, 6.07) is 3.81. The van der Waals surface area contributed by atoms with E-state index in [2.05, 4.69) is 4.98 Å². The van der Waals surface area contributed by atoms with Crippen LogP contribution in [0, 0.1) is 5.92 Å². The Hall–Kier alpha value is -1.62. The van der Waals surface area contributed by atoms with E-state index in [0.29, 0.717) is 32.2 Å². The van der Waals surface area contributed by atoms with E-state index < -0.39 is 0 Å². The average Bonchev–Trinajstić information content (AvgIpc) is 2.35. The molecular formula is C12H17N3O2. The van der Waals surface area contributed by atoms with E-state index in [1.54, 1.807) is 17.3 Å². The van der Waals surface area contributed by atoms with Gasteiger partial charge in [-0.3, -0.25) is 4.98 Å². The van der Waals surface area contributed by atoms with Gasteiger partial charge < -0.3 is 15.4 Å². The van der Waals surface area contributed by atoms with Crippen molar-refractivity contribution in [3.05, 3.63) is 30.1 Å². The lowest BCUT2D eigenvalue weighted by atomic mass is 10.0. The van der Waals surface area contributed by atoms with Gasteiger partial charge in [-0.1, -0.05) is 6.07 Å². The summed E-state index contributed by atoms with van der Waals surface area (Å²) in [6.07, 6.45) is 4.12. The molecule has 92 valence electrons. The molecule has 2 rings (SSSR count). The maximum absolute atomic E-state index is 11.6. The summed E-state index contributed by atoms with van der Waals surface area (Å²) >= 11 is 0.